The average Bonchev–Trinajstić information content (AvgIpc) is 2.74. The van der Waals surface area contributed by atoms with Crippen molar-refractivity contribution in [3.63, 3.8) is 0 Å². The van der Waals surface area contributed by atoms with Crippen LogP contribution in [0.2, 0.25) is 0 Å². The standard InChI is InChI=1S/C21H28FN3O3S2/c1-25(17-9-4-3-5-10-17)15-8-14-23-21(26)19(13-16-29-2)24-30(27,28)20-12-7-6-11-18(20)22/h3-7,9-12,19,24H,8,13-16H2,1-2H3,(H,23,26). The highest BCUT2D eigenvalue weighted by molar-refractivity contribution is 7.98. The fourth-order valence-electron chi connectivity index (χ4n) is 2.86. The van der Waals surface area contributed by atoms with Crippen molar-refractivity contribution in [3.8, 4) is 0 Å². The topological polar surface area (TPSA) is 78.5 Å². The second-order valence-electron chi connectivity index (χ2n) is 6.79. The van der Waals surface area contributed by atoms with Crippen molar-refractivity contribution in [2.24, 2.45) is 0 Å². The molecule has 2 N–H and O–H groups in total. The van der Waals surface area contributed by atoms with Crippen molar-refractivity contribution in [2.45, 2.75) is 23.8 Å². The maximum absolute atomic E-state index is 13.9. The number of hydrogen-bond acceptors (Lipinski definition) is 5. The number of hydrogen-bond donors (Lipinski definition) is 2. The Morgan fingerprint density at radius 3 is 2.47 bits per heavy atom. The molecule has 0 radical (unpaired) electrons. The number of carbonyl (C=O) groups excluding carboxylic acids is 1. The lowest BCUT2D eigenvalue weighted by Gasteiger charge is -2.21. The Labute approximate surface area is 182 Å². The zero-order valence-electron chi connectivity index (χ0n) is 17.2. The van der Waals surface area contributed by atoms with Gasteiger partial charge in [-0.15, -0.1) is 0 Å². The van der Waals surface area contributed by atoms with Gasteiger partial charge in [0.1, 0.15) is 16.8 Å². The molecule has 0 fully saturated rings. The second kappa shape index (κ2) is 11.9. The highest BCUT2D eigenvalue weighted by Gasteiger charge is 2.27. The van der Waals surface area contributed by atoms with Gasteiger partial charge in [-0.3, -0.25) is 4.79 Å². The van der Waals surface area contributed by atoms with Crippen LogP contribution in [0.4, 0.5) is 10.1 Å². The summed E-state index contributed by atoms with van der Waals surface area (Å²) >= 11 is 1.51. The SMILES string of the molecule is CSCCC(NS(=O)(=O)c1ccccc1F)C(=O)NCCCN(C)c1ccccc1. The van der Waals surface area contributed by atoms with E-state index in [9.17, 15) is 17.6 Å². The lowest BCUT2D eigenvalue weighted by atomic mass is 10.2. The van der Waals surface area contributed by atoms with Crippen molar-refractivity contribution in [2.75, 3.05) is 37.0 Å². The number of benzene rings is 2. The normalized spacial score (nSPS) is 12.4. The summed E-state index contributed by atoms with van der Waals surface area (Å²) in [6, 6.07) is 14.1. The quantitative estimate of drug-likeness (QED) is 0.483. The summed E-state index contributed by atoms with van der Waals surface area (Å²) in [5.74, 6) is -0.668. The minimum absolute atomic E-state index is 0.310. The predicted octanol–water partition coefficient (Wildman–Crippen LogP) is 2.87. The summed E-state index contributed by atoms with van der Waals surface area (Å²) in [5, 5.41) is 2.79. The number of nitrogens with zero attached hydrogens (tertiary/aromatic N) is 1. The number of carbonyl (C=O) groups is 1. The fraction of sp³-hybridized carbons (Fsp3) is 0.381. The molecule has 30 heavy (non-hydrogen) atoms. The molecular formula is C21H28FN3O3S2. The molecule has 0 heterocycles. The van der Waals surface area contributed by atoms with Crippen LogP contribution in [0.3, 0.4) is 0 Å². The van der Waals surface area contributed by atoms with E-state index in [0.29, 0.717) is 25.1 Å². The van der Waals surface area contributed by atoms with Crippen LogP contribution in [0.25, 0.3) is 0 Å². The maximum Gasteiger partial charge on any atom is 0.244 e. The molecule has 0 aliphatic heterocycles. The zero-order chi connectivity index (χ0) is 22.0. The van der Waals surface area contributed by atoms with Gasteiger partial charge in [-0.1, -0.05) is 30.3 Å². The first kappa shape index (κ1) is 24.2. The molecule has 2 rings (SSSR count). The fourth-order valence-corrected chi connectivity index (χ4v) is 4.64. The van der Waals surface area contributed by atoms with Gasteiger partial charge < -0.3 is 10.2 Å². The molecule has 9 heteroatoms. The molecule has 0 aliphatic rings. The van der Waals surface area contributed by atoms with Crippen LogP contribution in [0.1, 0.15) is 12.8 Å². The highest BCUT2D eigenvalue weighted by atomic mass is 32.2. The predicted molar refractivity (Wildman–Crippen MR) is 121 cm³/mol. The van der Waals surface area contributed by atoms with Gasteiger partial charge in [-0.05, 0) is 49.1 Å². The Kier molecular flexibility index (Phi) is 9.61. The Bertz CT molecular complexity index is 911. The van der Waals surface area contributed by atoms with E-state index < -0.39 is 32.7 Å². The number of sulfonamides is 1. The van der Waals surface area contributed by atoms with E-state index in [0.717, 1.165) is 18.3 Å². The van der Waals surface area contributed by atoms with Crippen LogP contribution in [0, 0.1) is 5.82 Å². The van der Waals surface area contributed by atoms with Gasteiger partial charge in [0.15, 0.2) is 0 Å². The van der Waals surface area contributed by atoms with Gasteiger partial charge in [0, 0.05) is 25.8 Å². The molecule has 164 valence electrons. The summed E-state index contributed by atoms with van der Waals surface area (Å²) in [4.78, 5) is 14.2. The van der Waals surface area contributed by atoms with Gasteiger partial charge >= 0.3 is 0 Å². The van der Waals surface area contributed by atoms with Crippen LogP contribution < -0.4 is 14.9 Å². The molecule has 2 aromatic rings. The van der Waals surface area contributed by atoms with E-state index in [1.807, 2.05) is 43.6 Å². The maximum atomic E-state index is 13.9. The molecule has 0 bridgehead atoms. The third-order valence-electron chi connectivity index (χ3n) is 4.52. The molecule has 6 nitrogen and oxygen atoms in total. The first-order valence-electron chi connectivity index (χ1n) is 9.65. The van der Waals surface area contributed by atoms with Crippen molar-refractivity contribution in [1.82, 2.24) is 10.0 Å². The van der Waals surface area contributed by atoms with Crippen molar-refractivity contribution >= 4 is 33.4 Å². The Balaban J connectivity index is 1.92. The van der Waals surface area contributed by atoms with Gasteiger partial charge in [0.25, 0.3) is 0 Å². The summed E-state index contributed by atoms with van der Waals surface area (Å²) in [6.07, 6.45) is 2.89. The van der Waals surface area contributed by atoms with E-state index in [1.54, 1.807) is 0 Å². The number of rotatable bonds is 12. The number of para-hydroxylation sites is 1. The van der Waals surface area contributed by atoms with Crippen LogP contribution in [-0.2, 0) is 14.8 Å². The monoisotopic (exact) mass is 453 g/mol. The van der Waals surface area contributed by atoms with E-state index in [1.165, 1.54) is 30.0 Å². The second-order valence-corrected chi connectivity index (χ2v) is 9.46. The van der Waals surface area contributed by atoms with E-state index >= 15 is 0 Å². The van der Waals surface area contributed by atoms with Crippen molar-refractivity contribution < 1.29 is 17.6 Å². The molecule has 0 spiro atoms. The minimum Gasteiger partial charge on any atom is -0.375 e. The molecule has 0 aliphatic carbocycles. The zero-order valence-corrected chi connectivity index (χ0v) is 18.8. The van der Waals surface area contributed by atoms with Crippen LogP contribution in [-0.4, -0.2) is 52.5 Å². The number of thioether (sulfide) groups is 1. The van der Waals surface area contributed by atoms with Gasteiger partial charge in [-0.25, -0.2) is 12.8 Å². The Morgan fingerprint density at radius 1 is 1.13 bits per heavy atom. The molecule has 1 unspecified atom stereocenters. The molecule has 1 amide bonds. The van der Waals surface area contributed by atoms with Crippen LogP contribution >= 0.6 is 11.8 Å². The largest absolute Gasteiger partial charge is 0.375 e. The number of halogens is 1. The van der Waals surface area contributed by atoms with Crippen LogP contribution in [0.15, 0.2) is 59.5 Å². The summed E-state index contributed by atoms with van der Waals surface area (Å²) < 4.78 is 41.4. The minimum atomic E-state index is -4.15. The molecule has 0 saturated carbocycles. The Morgan fingerprint density at radius 2 is 1.80 bits per heavy atom. The van der Waals surface area contributed by atoms with Crippen molar-refractivity contribution in [3.05, 3.63) is 60.4 Å². The molecule has 2 aromatic carbocycles. The smallest absolute Gasteiger partial charge is 0.244 e. The third-order valence-corrected chi connectivity index (χ3v) is 6.67. The highest BCUT2D eigenvalue weighted by Crippen LogP contribution is 2.15. The number of nitrogens with one attached hydrogen (secondary N) is 2. The van der Waals surface area contributed by atoms with Crippen LogP contribution in [0.5, 0.6) is 0 Å². The summed E-state index contributed by atoms with van der Waals surface area (Å²) in [5.41, 5.74) is 1.08. The first-order valence-corrected chi connectivity index (χ1v) is 12.5. The van der Waals surface area contributed by atoms with Gasteiger partial charge in [0.2, 0.25) is 15.9 Å². The molecule has 1 atom stereocenters. The average molecular weight is 454 g/mol. The van der Waals surface area contributed by atoms with Crippen molar-refractivity contribution in [1.29, 1.82) is 0 Å². The molecule has 0 saturated heterocycles. The van der Waals surface area contributed by atoms with E-state index in [4.69, 9.17) is 0 Å². The summed E-state index contributed by atoms with van der Waals surface area (Å²) in [6.45, 7) is 1.15. The lowest BCUT2D eigenvalue weighted by Crippen LogP contribution is -2.47. The molecular weight excluding hydrogens is 425 g/mol. The van der Waals surface area contributed by atoms with Gasteiger partial charge in [0.05, 0.1) is 0 Å². The Hall–Kier alpha value is -2.10. The van der Waals surface area contributed by atoms with E-state index in [2.05, 4.69) is 14.9 Å². The number of amides is 1. The molecule has 0 aromatic heterocycles. The first-order chi connectivity index (χ1) is 14.3. The third kappa shape index (κ3) is 7.30. The van der Waals surface area contributed by atoms with Gasteiger partial charge in [-0.2, -0.15) is 16.5 Å². The lowest BCUT2D eigenvalue weighted by molar-refractivity contribution is -0.122. The van der Waals surface area contributed by atoms with E-state index in [-0.39, 0.29) is 0 Å². The summed E-state index contributed by atoms with van der Waals surface area (Å²) in [7, 11) is -2.18. The number of anilines is 1.